The van der Waals surface area contributed by atoms with Gasteiger partial charge in [-0.1, -0.05) is 48.5 Å². The Bertz CT molecular complexity index is 552. The van der Waals surface area contributed by atoms with Crippen LogP contribution in [-0.4, -0.2) is 17.8 Å². The Balaban J connectivity index is 2.01. The molecule has 0 amide bonds. The van der Waals surface area contributed by atoms with E-state index in [-0.39, 0.29) is 12.6 Å². The molecule has 2 unspecified atom stereocenters. The first-order chi connectivity index (χ1) is 9.31. The van der Waals surface area contributed by atoms with Crippen LogP contribution in [0.3, 0.4) is 0 Å². The van der Waals surface area contributed by atoms with Crippen molar-refractivity contribution in [1.29, 1.82) is 0 Å². The van der Waals surface area contributed by atoms with Crippen molar-refractivity contribution in [2.75, 3.05) is 11.5 Å². The molecule has 2 heteroatoms. The maximum atomic E-state index is 9.84. The normalized spacial score (nSPS) is 19.3. The zero-order valence-electron chi connectivity index (χ0n) is 11.2. The van der Waals surface area contributed by atoms with Crippen LogP contribution < -0.4 is 4.90 Å². The molecular weight excluding hydrogens is 234 g/mol. The van der Waals surface area contributed by atoms with E-state index in [1.165, 1.54) is 16.8 Å². The first kappa shape index (κ1) is 12.2. The highest BCUT2D eigenvalue weighted by Gasteiger charge is 2.31. The van der Waals surface area contributed by atoms with Crippen LogP contribution in [0, 0.1) is 0 Å². The number of nitrogens with zero attached hydrogens (tertiary/aromatic N) is 1. The van der Waals surface area contributed by atoms with Gasteiger partial charge in [0.1, 0.15) is 0 Å². The summed E-state index contributed by atoms with van der Waals surface area (Å²) in [6.45, 7) is 2.37. The van der Waals surface area contributed by atoms with E-state index in [1.807, 2.05) is 18.2 Å². The predicted molar refractivity (Wildman–Crippen MR) is 78.4 cm³/mol. The second kappa shape index (κ2) is 5.06. The monoisotopic (exact) mass is 253 g/mol. The Hall–Kier alpha value is -1.80. The summed E-state index contributed by atoms with van der Waals surface area (Å²) in [5.41, 5.74) is 3.82. The van der Waals surface area contributed by atoms with Gasteiger partial charge in [-0.15, -0.1) is 0 Å². The van der Waals surface area contributed by atoms with Gasteiger partial charge in [0.15, 0.2) is 0 Å². The van der Waals surface area contributed by atoms with Crippen LogP contribution in [0.1, 0.15) is 24.1 Å². The Morgan fingerprint density at radius 2 is 1.79 bits per heavy atom. The number of aliphatic hydroxyl groups is 1. The number of benzene rings is 2. The summed E-state index contributed by atoms with van der Waals surface area (Å²) in [4.78, 5) is 2.35. The summed E-state index contributed by atoms with van der Waals surface area (Å²) in [5.74, 6) is 0. The van der Waals surface area contributed by atoms with E-state index in [4.69, 9.17) is 0 Å². The molecule has 1 heterocycles. The van der Waals surface area contributed by atoms with Crippen LogP contribution in [0.5, 0.6) is 0 Å². The lowest BCUT2D eigenvalue weighted by Gasteiger charge is -2.33. The van der Waals surface area contributed by atoms with Crippen molar-refractivity contribution < 1.29 is 5.11 Å². The fraction of sp³-hybridized carbons (Fsp3) is 0.294. The van der Waals surface area contributed by atoms with Crippen LogP contribution in [0.15, 0.2) is 54.6 Å². The molecule has 2 atom stereocenters. The van der Waals surface area contributed by atoms with Crippen molar-refractivity contribution in [2.24, 2.45) is 0 Å². The summed E-state index contributed by atoms with van der Waals surface area (Å²) in [6, 6.07) is 19.2. The molecule has 2 aromatic rings. The predicted octanol–water partition coefficient (Wildman–Crippen LogP) is 3.17. The number of anilines is 1. The molecule has 2 nitrogen and oxygen atoms in total. The van der Waals surface area contributed by atoms with E-state index in [2.05, 4.69) is 48.2 Å². The number of aliphatic hydroxyl groups excluding tert-OH is 1. The lowest BCUT2D eigenvalue weighted by Crippen LogP contribution is -2.35. The number of fused-ring (bicyclic) bond motifs is 1. The van der Waals surface area contributed by atoms with Crippen LogP contribution in [0.2, 0.25) is 0 Å². The zero-order chi connectivity index (χ0) is 13.2. The second-order valence-corrected chi connectivity index (χ2v) is 5.20. The molecule has 3 rings (SSSR count). The molecule has 1 aliphatic heterocycles. The third kappa shape index (κ3) is 2.13. The molecule has 0 saturated heterocycles. The van der Waals surface area contributed by atoms with Gasteiger partial charge in [-0.3, -0.25) is 0 Å². The standard InChI is InChI=1S/C17H19NO/c1-13-11-15-9-5-6-10-16(15)18(13)17(12-19)14-7-3-2-4-8-14/h2-10,13,17,19H,11-12H2,1H3. The number of hydrogen-bond acceptors (Lipinski definition) is 2. The van der Waals surface area contributed by atoms with E-state index in [0.29, 0.717) is 6.04 Å². The quantitative estimate of drug-likeness (QED) is 0.908. The van der Waals surface area contributed by atoms with Gasteiger partial charge in [-0.25, -0.2) is 0 Å². The van der Waals surface area contributed by atoms with Crippen LogP contribution in [0.25, 0.3) is 0 Å². The maximum absolute atomic E-state index is 9.84. The van der Waals surface area contributed by atoms with Gasteiger partial charge in [0.2, 0.25) is 0 Å². The Labute approximate surface area is 114 Å². The van der Waals surface area contributed by atoms with Crippen molar-refractivity contribution >= 4 is 5.69 Å². The average molecular weight is 253 g/mol. The fourth-order valence-corrected chi connectivity index (χ4v) is 3.09. The molecule has 0 aliphatic carbocycles. The lowest BCUT2D eigenvalue weighted by atomic mass is 10.0. The number of hydrogen-bond donors (Lipinski definition) is 1. The second-order valence-electron chi connectivity index (χ2n) is 5.20. The summed E-state index contributed by atoms with van der Waals surface area (Å²) in [6.07, 6.45) is 1.06. The molecule has 1 N–H and O–H groups in total. The maximum Gasteiger partial charge on any atom is 0.0776 e. The van der Waals surface area contributed by atoms with Crippen molar-refractivity contribution in [2.45, 2.75) is 25.4 Å². The minimum Gasteiger partial charge on any atom is -0.394 e. The van der Waals surface area contributed by atoms with Gasteiger partial charge in [0.25, 0.3) is 0 Å². The van der Waals surface area contributed by atoms with Crippen molar-refractivity contribution in [3.8, 4) is 0 Å². The molecule has 0 fully saturated rings. The highest BCUT2D eigenvalue weighted by Crippen LogP contribution is 2.38. The first-order valence-corrected chi connectivity index (χ1v) is 6.83. The molecule has 19 heavy (non-hydrogen) atoms. The van der Waals surface area contributed by atoms with E-state index in [1.54, 1.807) is 0 Å². The van der Waals surface area contributed by atoms with Gasteiger partial charge in [-0.2, -0.15) is 0 Å². The molecule has 0 radical (unpaired) electrons. The van der Waals surface area contributed by atoms with E-state index >= 15 is 0 Å². The van der Waals surface area contributed by atoms with E-state index in [9.17, 15) is 5.11 Å². The first-order valence-electron chi connectivity index (χ1n) is 6.83. The van der Waals surface area contributed by atoms with E-state index in [0.717, 1.165) is 6.42 Å². The molecular formula is C17H19NO. The average Bonchev–Trinajstić information content (AvgIpc) is 2.78. The van der Waals surface area contributed by atoms with Crippen molar-refractivity contribution in [3.05, 3.63) is 65.7 Å². The lowest BCUT2D eigenvalue weighted by molar-refractivity contribution is 0.257. The molecule has 0 aromatic heterocycles. The topological polar surface area (TPSA) is 23.5 Å². The Kier molecular flexibility index (Phi) is 3.26. The van der Waals surface area contributed by atoms with Gasteiger partial charge in [-0.05, 0) is 30.5 Å². The van der Waals surface area contributed by atoms with Gasteiger partial charge in [0.05, 0.1) is 12.6 Å². The highest BCUT2D eigenvalue weighted by molar-refractivity contribution is 5.60. The minimum atomic E-state index is 0.0415. The minimum absolute atomic E-state index is 0.0415. The molecule has 0 spiro atoms. The highest BCUT2D eigenvalue weighted by atomic mass is 16.3. The fourth-order valence-electron chi connectivity index (χ4n) is 3.09. The summed E-state index contributed by atoms with van der Waals surface area (Å²) in [5, 5.41) is 9.84. The molecule has 2 aromatic carbocycles. The summed E-state index contributed by atoms with van der Waals surface area (Å²) in [7, 11) is 0. The Morgan fingerprint density at radius 3 is 2.53 bits per heavy atom. The van der Waals surface area contributed by atoms with Crippen LogP contribution >= 0.6 is 0 Å². The van der Waals surface area contributed by atoms with Crippen molar-refractivity contribution in [1.82, 2.24) is 0 Å². The SMILES string of the molecule is CC1Cc2ccccc2N1C(CO)c1ccccc1. The van der Waals surface area contributed by atoms with Gasteiger partial charge < -0.3 is 10.0 Å². The molecule has 1 aliphatic rings. The number of para-hydroxylation sites is 1. The third-order valence-electron chi connectivity index (χ3n) is 3.95. The summed E-state index contributed by atoms with van der Waals surface area (Å²) < 4.78 is 0. The van der Waals surface area contributed by atoms with Gasteiger partial charge in [0, 0.05) is 11.7 Å². The Morgan fingerprint density at radius 1 is 1.11 bits per heavy atom. The van der Waals surface area contributed by atoms with Crippen LogP contribution in [0.4, 0.5) is 5.69 Å². The molecule has 0 bridgehead atoms. The van der Waals surface area contributed by atoms with E-state index < -0.39 is 0 Å². The smallest absolute Gasteiger partial charge is 0.0776 e. The van der Waals surface area contributed by atoms with Gasteiger partial charge >= 0.3 is 0 Å². The largest absolute Gasteiger partial charge is 0.394 e. The third-order valence-corrected chi connectivity index (χ3v) is 3.95. The summed E-state index contributed by atoms with van der Waals surface area (Å²) >= 11 is 0. The zero-order valence-corrected chi connectivity index (χ0v) is 11.2. The number of rotatable bonds is 3. The molecule has 98 valence electrons. The van der Waals surface area contributed by atoms with Crippen LogP contribution in [-0.2, 0) is 6.42 Å². The van der Waals surface area contributed by atoms with Crippen molar-refractivity contribution in [3.63, 3.8) is 0 Å². The molecule has 0 saturated carbocycles.